The molecule has 0 aliphatic carbocycles. The van der Waals surface area contributed by atoms with Gasteiger partial charge < -0.3 is 0 Å². The Hall–Kier alpha value is 0.140. The summed E-state index contributed by atoms with van der Waals surface area (Å²) in [5.74, 6) is 0. The third-order valence-electron chi connectivity index (χ3n) is 1.84. The molecule has 0 aromatic carbocycles. The molecule has 0 N–H and O–H groups in total. The topological polar surface area (TPSA) is 12.9 Å². The minimum Gasteiger partial charge on any atom is -0.240 e. The minimum atomic E-state index is 0.804. The summed E-state index contributed by atoms with van der Waals surface area (Å²) in [5, 5.41) is 1.51. The summed E-state index contributed by atoms with van der Waals surface area (Å²) in [6, 6.07) is 0. The zero-order chi connectivity index (χ0) is 8.10. The zero-order valence-electron chi connectivity index (χ0n) is 7.22. The second-order valence-corrected chi connectivity index (χ2v) is 5.40. The van der Waals surface area contributed by atoms with Gasteiger partial charge >= 0.3 is 0 Å². The summed E-state index contributed by atoms with van der Waals surface area (Å²) in [6.07, 6.45) is 5.21. The zero-order valence-corrected chi connectivity index (χ0v) is 9.12. The average molecular weight is 187 g/mol. The Labute approximate surface area is 71.8 Å². The maximum atomic E-state index is 4.48. The lowest BCUT2D eigenvalue weighted by Crippen LogP contribution is -1.86. The smallest absolute Gasteiger partial charge is 0.0523 e. The molecule has 3 heteroatoms. The first-order valence-corrected chi connectivity index (χ1v) is 6.89. The molecule has 1 heterocycles. The van der Waals surface area contributed by atoms with Gasteiger partial charge in [-0.1, -0.05) is 19.8 Å². The fraction of sp³-hybridized carbons (Fsp3) is 0.750. The third-order valence-corrected chi connectivity index (χ3v) is 4.51. The van der Waals surface area contributed by atoms with E-state index in [4.69, 9.17) is 0 Å². The molecule has 1 nitrogen and oxygen atoms in total. The van der Waals surface area contributed by atoms with Gasteiger partial charge in [-0.3, -0.25) is 0 Å². The average Bonchev–Trinajstić information content (AvgIpc) is 2.37. The van der Waals surface area contributed by atoms with Crippen molar-refractivity contribution >= 4 is 15.9 Å². The van der Waals surface area contributed by atoms with Crippen LogP contribution in [0.4, 0.5) is 0 Å². The van der Waals surface area contributed by atoms with Crippen molar-refractivity contribution in [2.24, 2.45) is 0 Å². The Morgan fingerprint density at radius 2 is 2.27 bits per heavy atom. The monoisotopic (exact) mass is 187 g/mol. The molecule has 1 atom stereocenters. The molecule has 0 amide bonds. The van der Waals surface area contributed by atoms with Gasteiger partial charge in [0.2, 0.25) is 0 Å². The number of unbranched alkanes of at least 4 members (excludes halogenated alkanes) is 2. The largest absolute Gasteiger partial charge is 0.240 e. The molecule has 0 radical (unpaired) electrons. The van der Waals surface area contributed by atoms with Crippen molar-refractivity contribution in [2.45, 2.75) is 39.5 Å². The van der Waals surface area contributed by atoms with Gasteiger partial charge in [0.25, 0.3) is 0 Å². The molecule has 11 heavy (non-hydrogen) atoms. The van der Waals surface area contributed by atoms with Crippen molar-refractivity contribution in [1.82, 2.24) is 4.75 Å². The molecule has 0 aliphatic rings. The molecule has 1 unspecified atom stereocenters. The lowest BCUT2D eigenvalue weighted by atomic mass is 10.1. The Morgan fingerprint density at radius 3 is 2.82 bits per heavy atom. The second kappa shape index (κ2) is 4.91. The van der Waals surface area contributed by atoms with Gasteiger partial charge in [0.15, 0.2) is 0 Å². The second-order valence-electron chi connectivity index (χ2n) is 2.81. The van der Waals surface area contributed by atoms with Crippen LogP contribution in [0.15, 0.2) is 0 Å². The molecule has 0 bridgehead atoms. The molecule has 62 valence electrons. The third kappa shape index (κ3) is 2.93. The van der Waals surface area contributed by atoms with Crippen LogP contribution < -0.4 is 0 Å². The first-order valence-electron chi connectivity index (χ1n) is 4.21. The van der Waals surface area contributed by atoms with Crippen LogP contribution in [0, 0.1) is 6.92 Å². The lowest BCUT2D eigenvalue weighted by molar-refractivity contribution is 0.710. The highest BCUT2D eigenvalue weighted by molar-refractivity contribution is 7.89. The van der Waals surface area contributed by atoms with Crippen LogP contribution in [0.1, 0.15) is 37.2 Å². The normalized spacial score (nSPS) is 11.8. The van der Waals surface area contributed by atoms with Crippen molar-refractivity contribution in [1.29, 1.82) is 0 Å². The van der Waals surface area contributed by atoms with E-state index in [0.717, 1.165) is 8.03 Å². The van der Waals surface area contributed by atoms with Crippen LogP contribution in [-0.2, 0) is 6.42 Å². The number of aryl methyl sites for hydroxylation is 2. The van der Waals surface area contributed by atoms with E-state index < -0.39 is 0 Å². The van der Waals surface area contributed by atoms with Crippen molar-refractivity contribution in [3.05, 3.63) is 11.0 Å². The standard InChI is InChI=1S/C8H15NP2/c1-3-4-5-6-8-7(2)10-11-9-8/h11H,3-6H2,1-2H3. The van der Waals surface area contributed by atoms with Crippen LogP contribution in [0.5, 0.6) is 0 Å². The fourth-order valence-corrected chi connectivity index (χ4v) is 3.42. The summed E-state index contributed by atoms with van der Waals surface area (Å²) < 4.78 is 4.48. The van der Waals surface area contributed by atoms with Crippen molar-refractivity contribution < 1.29 is 0 Å². The number of hydrogen-bond acceptors (Lipinski definition) is 1. The first kappa shape index (κ1) is 9.23. The molecule has 0 spiro atoms. The quantitative estimate of drug-likeness (QED) is 0.654. The van der Waals surface area contributed by atoms with Gasteiger partial charge in [-0.2, -0.15) is 0 Å². The minimum absolute atomic E-state index is 0.804. The first-order chi connectivity index (χ1) is 5.34. The van der Waals surface area contributed by atoms with Gasteiger partial charge in [-0.05, 0) is 35.7 Å². The summed E-state index contributed by atoms with van der Waals surface area (Å²) in [5.41, 5.74) is 1.40. The maximum absolute atomic E-state index is 4.48. The van der Waals surface area contributed by atoms with Crippen LogP contribution in [0.2, 0.25) is 0 Å². The van der Waals surface area contributed by atoms with Crippen molar-refractivity contribution in [3.63, 3.8) is 0 Å². The van der Waals surface area contributed by atoms with Gasteiger partial charge in [0.1, 0.15) is 0 Å². The fourth-order valence-electron chi connectivity index (χ4n) is 1.09. The Morgan fingerprint density at radius 1 is 1.45 bits per heavy atom. The number of nitrogens with zero attached hydrogens (tertiary/aromatic N) is 1. The van der Waals surface area contributed by atoms with E-state index in [1.807, 2.05) is 0 Å². The predicted molar refractivity (Wildman–Crippen MR) is 54.2 cm³/mol. The van der Waals surface area contributed by atoms with Crippen LogP contribution in [0.25, 0.3) is 0 Å². The highest BCUT2D eigenvalue weighted by Crippen LogP contribution is 2.27. The van der Waals surface area contributed by atoms with Gasteiger partial charge in [0, 0.05) is 5.30 Å². The molecule has 0 saturated heterocycles. The molecule has 1 rings (SSSR count). The lowest BCUT2D eigenvalue weighted by Gasteiger charge is -1.96. The van der Waals surface area contributed by atoms with E-state index in [2.05, 4.69) is 18.6 Å². The summed E-state index contributed by atoms with van der Waals surface area (Å²) >= 11 is 0. The van der Waals surface area contributed by atoms with Crippen LogP contribution in [0.3, 0.4) is 0 Å². The molecular weight excluding hydrogens is 172 g/mol. The summed E-state index contributed by atoms with van der Waals surface area (Å²) in [6.45, 7) is 4.46. The molecule has 1 aromatic heterocycles. The maximum Gasteiger partial charge on any atom is 0.0523 e. The van der Waals surface area contributed by atoms with E-state index in [-0.39, 0.29) is 0 Å². The Kier molecular flexibility index (Phi) is 4.12. The molecule has 0 saturated carbocycles. The van der Waals surface area contributed by atoms with Crippen LogP contribution in [-0.4, -0.2) is 4.75 Å². The highest BCUT2D eigenvalue weighted by atomic mass is 31.8. The van der Waals surface area contributed by atoms with Crippen molar-refractivity contribution in [2.75, 3.05) is 0 Å². The SMILES string of the molecule is CCCCCc1n[pH]pc1C. The summed E-state index contributed by atoms with van der Waals surface area (Å²) in [7, 11) is 2.26. The number of hydrogen-bond donors (Lipinski definition) is 0. The van der Waals surface area contributed by atoms with E-state index >= 15 is 0 Å². The van der Waals surface area contributed by atoms with E-state index in [1.54, 1.807) is 0 Å². The summed E-state index contributed by atoms with van der Waals surface area (Å²) in [4.78, 5) is 0. The van der Waals surface area contributed by atoms with E-state index in [9.17, 15) is 0 Å². The molecular formula is C8H15NP2. The molecule has 0 fully saturated rings. The van der Waals surface area contributed by atoms with Gasteiger partial charge in [-0.15, -0.1) is 0 Å². The number of aromatic nitrogens is 1. The van der Waals surface area contributed by atoms with Gasteiger partial charge in [-0.25, -0.2) is 4.75 Å². The van der Waals surface area contributed by atoms with Gasteiger partial charge in [0.05, 0.1) is 5.69 Å². The molecule has 1 aromatic rings. The Balaban J connectivity index is 2.32. The number of rotatable bonds is 4. The molecule has 0 aliphatic heterocycles. The van der Waals surface area contributed by atoms with E-state index in [0.29, 0.717) is 0 Å². The van der Waals surface area contributed by atoms with Crippen molar-refractivity contribution in [3.8, 4) is 0 Å². The Bertz CT molecular complexity index is 208. The van der Waals surface area contributed by atoms with E-state index in [1.165, 1.54) is 44.5 Å². The predicted octanol–water partition coefficient (Wildman–Crippen LogP) is 3.73. The van der Waals surface area contributed by atoms with Crippen LogP contribution >= 0.6 is 15.9 Å². The highest BCUT2D eigenvalue weighted by Gasteiger charge is 1.99.